The average molecular weight is 274 g/mol. The molecule has 0 N–H and O–H groups in total. The zero-order valence-corrected chi connectivity index (χ0v) is 14.1. The Kier molecular flexibility index (Phi) is 8.65. The van der Waals surface area contributed by atoms with E-state index in [1.165, 1.54) is 56.9 Å². The van der Waals surface area contributed by atoms with E-state index in [1.807, 2.05) is 0 Å². The fourth-order valence-corrected chi connectivity index (χ4v) is 3.26. The van der Waals surface area contributed by atoms with Crippen LogP contribution in [0.25, 0.3) is 0 Å². The zero-order valence-electron chi connectivity index (χ0n) is 14.1. The third-order valence-corrected chi connectivity index (χ3v) is 4.53. The van der Waals surface area contributed by atoms with E-state index in [0.717, 1.165) is 5.92 Å². The van der Waals surface area contributed by atoms with Gasteiger partial charge in [0, 0.05) is 0 Å². The summed E-state index contributed by atoms with van der Waals surface area (Å²) in [5.41, 5.74) is 2.99. The van der Waals surface area contributed by atoms with Crippen molar-refractivity contribution in [2.75, 3.05) is 0 Å². The Hall–Kier alpha value is -0.780. The van der Waals surface area contributed by atoms with Crippen molar-refractivity contribution in [2.24, 2.45) is 5.92 Å². The Morgan fingerprint density at radius 3 is 2.25 bits per heavy atom. The number of unbranched alkanes of at least 4 members (excludes halogenated alkanes) is 5. The molecule has 2 atom stereocenters. The summed E-state index contributed by atoms with van der Waals surface area (Å²) in [7, 11) is 0. The van der Waals surface area contributed by atoms with Crippen molar-refractivity contribution in [1.82, 2.24) is 0 Å². The molecule has 0 heteroatoms. The van der Waals surface area contributed by atoms with Crippen molar-refractivity contribution >= 4 is 0 Å². The van der Waals surface area contributed by atoms with Gasteiger partial charge >= 0.3 is 0 Å². The van der Waals surface area contributed by atoms with Gasteiger partial charge in [0.1, 0.15) is 0 Å². The lowest BCUT2D eigenvalue weighted by molar-refractivity contribution is 0.427. The van der Waals surface area contributed by atoms with Crippen LogP contribution >= 0.6 is 0 Å². The normalized spacial score (nSPS) is 14.2. The van der Waals surface area contributed by atoms with Crippen LogP contribution in [0.15, 0.2) is 24.3 Å². The van der Waals surface area contributed by atoms with E-state index in [4.69, 9.17) is 0 Å². The number of hydrogen-bond donors (Lipinski definition) is 0. The Labute approximate surface area is 127 Å². The molecule has 0 aliphatic heterocycles. The first-order chi connectivity index (χ1) is 9.65. The molecule has 0 aliphatic rings. The summed E-state index contributed by atoms with van der Waals surface area (Å²) in [6, 6.07) is 8.87. The van der Waals surface area contributed by atoms with E-state index in [-0.39, 0.29) is 0 Å². The largest absolute Gasteiger partial charge is 0.0654 e. The van der Waals surface area contributed by atoms with E-state index < -0.39 is 0 Å². The highest BCUT2D eigenvalue weighted by molar-refractivity contribution is 5.28. The van der Waals surface area contributed by atoms with Crippen LogP contribution in [0.3, 0.4) is 0 Å². The molecule has 20 heavy (non-hydrogen) atoms. The summed E-state index contributed by atoms with van der Waals surface area (Å²) < 4.78 is 0. The summed E-state index contributed by atoms with van der Waals surface area (Å²) >= 11 is 0. The van der Waals surface area contributed by atoms with Crippen molar-refractivity contribution in [2.45, 2.75) is 85.0 Å². The van der Waals surface area contributed by atoms with Gasteiger partial charge in [0.05, 0.1) is 0 Å². The molecule has 1 aromatic carbocycles. The second-order valence-corrected chi connectivity index (χ2v) is 6.65. The molecule has 114 valence electrons. The molecule has 0 saturated carbocycles. The minimum absolute atomic E-state index is 0.700. The summed E-state index contributed by atoms with van der Waals surface area (Å²) in [6.07, 6.45) is 11.2. The van der Waals surface area contributed by atoms with Gasteiger partial charge in [0.25, 0.3) is 0 Å². The van der Waals surface area contributed by atoms with E-state index in [0.29, 0.717) is 5.92 Å². The number of rotatable bonds is 10. The molecule has 0 nitrogen and oxygen atoms in total. The third kappa shape index (κ3) is 6.59. The van der Waals surface area contributed by atoms with Crippen LogP contribution in [0.1, 0.15) is 89.2 Å². The van der Waals surface area contributed by atoms with Crippen LogP contribution in [0.2, 0.25) is 0 Å². The van der Waals surface area contributed by atoms with Crippen LogP contribution in [-0.2, 0) is 0 Å². The number of benzene rings is 1. The Morgan fingerprint density at radius 1 is 0.900 bits per heavy atom. The first kappa shape index (κ1) is 17.3. The topological polar surface area (TPSA) is 0 Å². The predicted octanol–water partition coefficient (Wildman–Crippen LogP) is 6.88. The van der Waals surface area contributed by atoms with Crippen molar-refractivity contribution < 1.29 is 0 Å². The molecule has 0 radical (unpaired) electrons. The predicted molar refractivity (Wildman–Crippen MR) is 91.4 cm³/mol. The zero-order chi connectivity index (χ0) is 14.8. The molecule has 1 aromatic rings. The van der Waals surface area contributed by atoms with E-state index in [9.17, 15) is 0 Å². The molecular weight excluding hydrogens is 240 g/mol. The quantitative estimate of drug-likeness (QED) is 0.408. The molecule has 0 spiro atoms. The van der Waals surface area contributed by atoms with Gasteiger partial charge in [-0.25, -0.2) is 0 Å². The van der Waals surface area contributed by atoms with Crippen LogP contribution in [0.5, 0.6) is 0 Å². The maximum absolute atomic E-state index is 2.43. The summed E-state index contributed by atoms with van der Waals surface area (Å²) in [6.45, 7) is 9.35. The number of hydrogen-bond acceptors (Lipinski definition) is 0. The molecule has 0 heterocycles. The smallest absolute Gasteiger partial charge is 0.0185 e. The number of aryl methyl sites for hydroxylation is 1. The molecule has 0 saturated heterocycles. The Morgan fingerprint density at radius 2 is 1.55 bits per heavy atom. The molecule has 0 aromatic heterocycles. The van der Waals surface area contributed by atoms with Crippen LogP contribution < -0.4 is 0 Å². The summed E-state index contributed by atoms with van der Waals surface area (Å²) in [4.78, 5) is 0. The van der Waals surface area contributed by atoms with Crippen molar-refractivity contribution in [3.05, 3.63) is 35.4 Å². The standard InChI is InChI=1S/C20H34/c1-5-6-7-8-9-10-13-17(2)16-19(4)20-15-12-11-14-18(20)3/h11-12,14-15,17,19H,5-10,13,16H2,1-4H3. The van der Waals surface area contributed by atoms with Gasteiger partial charge in [0.15, 0.2) is 0 Å². The maximum Gasteiger partial charge on any atom is -0.0185 e. The van der Waals surface area contributed by atoms with Crippen molar-refractivity contribution in [3.63, 3.8) is 0 Å². The molecule has 0 amide bonds. The van der Waals surface area contributed by atoms with Crippen molar-refractivity contribution in [1.29, 1.82) is 0 Å². The molecular formula is C20H34. The lowest BCUT2D eigenvalue weighted by atomic mass is 9.86. The highest BCUT2D eigenvalue weighted by Gasteiger charge is 2.12. The fraction of sp³-hybridized carbons (Fsp3) is 0.700. The van der Waals surface area contributed by atoms with Crippen molar-refractivity contribution in [3.8, 4) is 0 Å². The second kappa shape index (κ2) is 10.0. The summed E-state index contributed by atoms with van der Waals surface area (Å²) in [5.74, 6) is 1.56. The maximum atomic E-state index is 2.43. The fourth-order valence-electron chi connectivity index (χ4n) is 3.26. The molecule has 0 fully saturated rings. The summed E-state index contributed by atoms with van der Waals surface area (Å²) in [5, 5.41) is 0. The second-order valence-electron chi connectivity index (χ2n) is 6.65. The Balaban J connectivity index is 2.21. The molecule has 2 unspecified atom stereocenters. The average Bonchev–Trinajstić information content (AvgIpc) is 2.43. The third-order valence-electron chi connectivity index (χ3n) is 4.53. The van der Waals surface area contributed by atoms with Gasteiger partial charge in [0.2, 0.25) is 0 Å². The monoisotopic (exact) mass is 274 g/mol. The molecule has 0 bridgehead atoms. The van der Waals surface area contributed by atoms with Gasteiger partial charge in [-0.05, 0) is 36.3 Å². The van der Waals surface area contributed by atoms with Crippen LogP contribution in [0, 0.1) is 12.8 Å². The van der Waals surface area contributed by atoms with Crippen LogP contribution in [0.4, 0.5) is 0 Å². The first-order valence-electron chi connectivity index (χ1n) is 8.70. The highest BCUT2D eigenvalue weighted by Crippen LogP contribution is 2.28. The minimum atomic E-state index is 0.700. The van der Waals surface area contributed by atoms with Gasteiger partial charge in [-0.3, -0.25) is 0 Å². The van der Waals surface area contributed by atoms with Gasteiger partial charge in [-0.2, -0.15) is 0 Å². The van der Waals surface area contributed by atoms with Gasteiger partial charge in [-0.15, -0.1) is 0 Å². The van der Waals surface area contributed by atoms with E-state index in [1.54, 1.807) is 5.56 Å². The first-order valence-corrected chi connectivity index (χ1v) is 8.70. The van der Waals surface area contributed by atoms with Gasteiger partial charge in [-0.1, -0.05) is 90.0 Å². The SMILES string of the molecule is CCCCCCCCC(C)CC(C)c1ccccc1C. The van der Waals surface area contributed by atoms with E-state index >= 15 is 0 Å². The Bertz CT molecular complexity index is 353. The van der Waals surface area contributed by atoms with Crippen LogP contribution in [-0.4, -0.2) is 0 Å². The molecule has 1 rings (SSSR count). The van der Waals surface area contributed by atoms with E-state index in [2.05, 4.69) is 52.0 Å². The lowest BCUT2D eigenvalue weighted by Crippen LogP contribution is -2.03. The minimum Gasteiger partial charge on any atom is -0.0654 e. The van der Waals surface area contributed by atoms with Gasteiger partial charge < -0.3 is 0 Å². The highest BCUT2D eigenvalue weighted by atomic mass is 14.2. The lowest BCUT2D eigenvalue weighted by Gasteiger charge is -2.19. The molecule has 0 aliphatic carbocycles.